The SMILES string of the molecule is CCOCC1COc2ccc(C(=O)Nc3cc(Cl)ccc3Cl)cc2O1. The Kier molecular flexibility index (Phi) is 5.68. The van der Waals surface area contributed by atoms with Crippen molar-refractivity contribution in [1.82, 2.24) is 0 Å². The predicted molar refractivity (Wildman–Crippen MR) is 97.3 cm³/mol. The molecule has 0 aliphatic carbocycles. The van der Waals surface area contributed by atoms with E-state index in [0.717, 1.165) is 0 Å². The highest BCUT2D eigenvalue weighted by Crippen LogP contribution is 2.33. The number of anilines is 1. The van der Waals surface area contributed by atoms with Gasteiger partial charge in [-0.2, -0.15) is 0 Å². The summed E-state index contributed by atoms with van der Waals surface area (Å²) >= 11 is 12.0. The van der Waals surface area contributed by atoms with E-state index in [4.69, 9.17) is 37.4 Å². The predicted octanol–water partition coefficient (Wildman–Crippen LogP) is 4.42. The van der Waals surface area contributed by atoms with Crippen LogP contribution in [0, 0.1) is 0 Å². The van der Waals surface area contributed by atoms with Gasteiger partial charge in [0.05, 0.1) is 17.3 Å². The Morgan fingerprint density at radius 3 is 2.88 bits per heavy atom. The molecule has 0 aromatic heterocycles. The second-order valence-electron chi connectivity index (χ2n) is 5.45. The molecule has 0 radical (unpaired) electrons. The van der Waals surface area contributed by atoms with Crippen molar-refractivity contribution in [1.29, 1.82) is 0 Å². The molecule has 0 bridgehead atoms. The van der Waals surface area contributed by atoms with E-state index in [1.807, 2.05) is 6.92 Å². The summed E-state index contributed by atoms with van der Waals surface area (Å²) in [6.45, 7) is 3.37. The zero-order chi connectivity index (χ0) is 17.8. The Balaban J connectivity index is 1.75. The average molecular weight is 382 g/mol. The number of fused-ring (bicyclic) bond motifs is 1. The van der Waals surface area contributed by atoms with E-state index >= 15 is 0 Å². The fourth-order valence-corrected chi connectivity index (χ4v) is 2.71. The minimum atomic E-state index is -0.317. The molecule has 0 spiro atoms. The van der Waals surface area contributed by atoms with Gasteiger partial charge in [-0.25, -0.2) is 0 Å². The van der Waals surface area contributed by atoms with Gasteiger partial charge in [0.25, 0.3) is 5.91 Å². The summed E-state index contributed by atoms with van der Waals surface area (Å²) in [5.74, 6) is 0.799. The highest BCUT2D eigenvalue weighted by Gasteiger charge is 2.22. The van der Waals surface area contributed by atoms with Crippen molar-refractivity contribution in [2.45, 2.75) is 13.0 Å². The molecule has 1 aliphatic heterocycles. The standard InChI is InChI=1S/C18H17Cl2NO4/c1-2-23-9-13-10-24-16-6-3-11(7-17(16)25-13)18(22)21-15-8-12(19)4-5-14(15)20/h3-8,13H,2,9-10H2,1H3,(H,21,22). The molecule has 1 atom stereocenters. The normalized spacial score (nSPS) is 15.7. The van der Waals surface area contributed by atoms with Gasteiger partial charge in [-0.15, -0.1) is 0 Å². The Labute approximate surface area is 155 Å². The molecular weight excluding hydrogens is 365 g/mol. The van der Waals surface area contributed by atoms with Crippen molar-refractivity contribution >= 4 is 34.8 Å². The summed E-state index contributed by atoms with van der Waals surface area (Å²) in [6.07, 6.45) is -0.201. The van der Waals surface area contributed by atoms with Crippen LogP contribution in [0.1, 0.15) is 17.3 Å². The quantitative estimate of drug-likeness (QED) is 0.832. The van der Waals surface area contributed by atoms with Crippen LogP contribution in [-0.2, 0) is 4.74 Å². The third-order valence-corrected chi connectivity index (χ3v) is 4.17. The number of nitrogens with one attached hydrogen (secondary N) is 1. The lowest BCUT2D eigenvalue weighted by molar-refractivity contribution is 0.0127. The molecule has 132 valence electrons. The van der Waals surface area contributed by atoms with Gasteiger partial charge >= 0.3 is 0 Å². The van der Waals surface area contributed by atoms with Crippen molar-refractivity contribution < 1.29 is 19.0 Å². The van der Waals surface area contributed by atoms with Crippen molar-refractivity contribution in [3.63, 3.8) is 0 Å². The van der Waals surface area contributed by atoms with Gasteiger partial charge in [0.1, 0.15) is 6.61 Å². The lowest BCUT2D eigenvalue weighted by Crippen LogP contribution is -2.33. The fourth-order valence-electron chi connectivity index (χ4n) is 2.38. The number of carbonyl (C=O) groups excluding carboxylic acids is 1. The van der Waals surface area contributed by atoms with E-state index in [9.17, 15) is 4.79 Å². The van der Waals surface area contributed by atoms with Crippen LogP contribution >= 0.6 is 23.2 Å². The molecule has 0 saturated carbocycles. The molecule has 2 aromatic rings. The smallest absolute Gasteiger partial charge is 0.255 e. The summed E-state index contributed by atoms with van der Waals surface area (Å²) < 4.78 is 16.8. The maximum atomic E-state index is 12.5. The van der Waals surface area contributed by atoms with Crippen LogP contribution in [0.5, 0.6) is 11.5 Å². The van der Waals surface area contributed by atoms with Crippen LogP contribution in [0.2, 0.25) is 10.0 Å². The fraction of sp³-hybridized carbons (Fsp3) is 0.278. The van der Waals surface area contributed by atoms with Crippen molar-refractivity contribution in [2.24, 2.45) is 0 Å². The number of rotatable bonds is 5. The van der Waals surface area contributed by atoms with Gasteiger partial charge in [-0.3, -0.25) is 4.79 Å². The molecule has 25 heavy (non-hydrogen) atoms. The summed E-state index contributed by atoms with van der Waals surface area (Å²) in [5.41, 5.74) is 0.874. The van der Waals surface area contributed by atoms with Gasteiger partial charge in [0, 0.05) is 17.2 Å². The Morgan fingerprint density at radius 2 is 2.08 bits per heavy atom. The molecule has 2 aromatic carbocycles. The van der Waals surface area contributed by atoms with E-state index in [2.05, 4.69) is 5.32 Å². The van der Waals surface area contributed by atoms with Crippen LogP contribution < -0.4 is 14.8 Å². The monoisotopic (exact) mass is 381 g/mol. The number of benzene rings is 2. The van der Waals surface area contributed by atoms with Gasteiger partial charge in [0.15, 0.2) is 17.6 Å². The number of amides is 1. The molecule has 7 heteroatoms. The molecule has 0 fully saturated rings. The lowest BCUT2D eigenvalue weighted by Gasteiger charge is -2.26. The van der Waals surface area contributed by atoms with E-state index in [1.54, 1.807) is 36.4 Å². The largest absolute Gasteiger partial charge is 0.486 e. The zero-order valence-corrected chi connectivity index (χ0v) is 15.1. The minimum Gasteiger partial charge on any atom is -0.486 e. The van der Waals surface area contributed by atoms with Crippen LogP contribution in [-0.4, -0.2) is 31.8 Å². The number of halogens is 2. The van der Waals surface area contributed by atoms with Gasteiger partial charge in [0.2, 0.25) is 0 Å². The van der Waals surface area contributed by atoms with E-state index in [0.29, 0.717) is 52.6 Å². The zero-order valence-electron chi connectivity index (χ0n) is 13.6. The molecule has 1 amide bonds. The van der Waals surface area contributed by atoms with E-state index in [1.165, 1.54) is 0 Å². The first-order valence-electron chi connectivity index (χ1n) is 7.84. The van der Waals surface area contributed by atoms with Crippen molar-refractivity contribution in [2.75, 3.05) is 25.1 Å². The van der Waals surface area contributed by atoms with Crippen LogP contribution in [0.15, 0.2) is 36.4 Å². The maximum Gasteiger partial charge on any atom is 0.255 e. The van der Waals surface area contributed by atoms with E-state index in [-0.39, 0.29) is 12.0 Å². The number of hydrogen-bond acceptors (Lipinski definition) is 4. The maximum absolute atomic E-state index is 12.5. The second-order valence-corrected chi connectivity index (χ2v) is 6.29. The molecule has 1 heterocycles. The first kappa shape index (κ1) is 17.9. The second kappa shape index (κ2) is 7.95. The van der Waals surface area contributed by atoms with Crippen LogP contribution in [0.4, 0.5) is 5.69 Å². The Hall–Kier alpha value is -1.95. The third-order valence-electron chi connectivity index (χ3n) is 3.61. The Bertz CT molecular complexity index is 782. The molecule has 1 aliphatic rings. The highest BCUT2D eigenvalue weighted by molar-refractivity contribution is 6.35. The van der Waals surface area contributed by atoms with Gasteiger partial charge < -0.3 is 19.5 Å². The topological polar surface area (TPSA) is 56.8 Å². The average Bonchev–Trinajstić information content (AvgIpc) is 2.62. The molecule has 5 nitrogen and oxygen atoms in total. The summed E-state index contributed by atoms with van der Waals surface area (Å²) in [4.78, 5) is 12.5. The van der Waals surface area contributed by atoms with Crippen molar-refractivity contribution in [3.8, 4) is 11.5 Å². The van der Waals surface area contributed by atoms with Gasteiger partial charge in [-0.05, 0) is 43.3 Å². The first-order valence-corrected chi connectivity index (χ1v) is 8.60. The van der Waals surface area contributed by atoms with Crippen LogP contribution in [0.3, 0.4) is 0 Å². The summed E-state index contributed by atoms with van der Waals surface area (Å²) in [5, 5.41) is 3.64. The molecule has 1 unspecified atom stereocenters. The molecule has 3 rings (SSSR count). The van der Waals surface area contributed by atoms with Gasteiger partial charge in [-0.1, -0.05) is 23.2 Å². The van der Waals surface area contributed by atoms with Crippen molar-refractivity contribution in [3.05, 3.63) is 52.0 Å². The van der Waals surface area contributed by atoms with E-state index < -0.39 is 0 Å². The number of ether oxygens (including phenoxy) is 3. The summed E-state index contributed by atoms with van der Waals surface area (Å²) in [6, 6.07) is 9.89. The summed E-state index contributed by atoms with van der Waals surface area (Å²) in [7, 11) is 0. The number of hydrogen-bond donors (Lipinski definition) is 1. The molecular formula is C18H17Cl2NO4. The van der Waals surface area contributed by atoms with Crippen LogP contribution in [0.25, 0.3) is 0 Å². The Morgan fingerprint density at radius 1 is 1.24 bits per heavy atom. The lowest BCUT2D eigenvalue weighted by atomic mass is 10.1. The highest BCUT2D eigenvalue weighted by atomic mass is 35.5. The third kappa shape index (κ3) is 4.37. The number of carbonyl (C=O) groups is 1. The minimum absolute atomic E-state index is 0.201. The molecule has 1 N–H and O–H groups in total. The molecule has 0 saturated heterocycles. The first-order chi connectivity index (χ1) is 12.1.